The highest BCUT2D eigenvalue weighted by atomic mass is 19.1. The lowest BCUT2D eigenvalue weighted by Gasteiger charge is -2.18. The molecule has 1 N–H and O–H groups in total. The second kappa shape index (κ2) is 9.69. The molecule has 6 heteroatoms. The number of esters is 1. The minimum Gasteiger partial charge on any atom is -0.494 e. The summed E-state index contributed by atoms with van der Waals surface area (Å²) in [5, 5.41) is 2.77. The van der Waals surface area contributed by atoms with Gasteiger partial charge in [0.2, 0.25) is 6.10 Å². The Labute approximate surface area is 174 Å². The van der Waals surface area contributed by atoms with Crippen LogP contribution in [-0.2, 0) is 20.7 Å². The average Bonchev–Trinajstić information content (AvgIpc) is 2.74. The van der Waals surface area contributed by atoms with E-state index in [1.807, 2.05) is 19.1 Å². The monoisotopic (exact) mass is 407 g/mol. The van der Waals surface area contributed by atoms with Crippen molar-refractivity contribution in [2.75, 3.05) is 12.4 Å². The molecule has 0 saturated carbocycles. The maximum Gasteiger partial charge on any atom is 0.311 e. The van der Waals surface area contributed by atoms with Gasteiger partial charge in [-0.25, -0.2) is 4.39 Å². The summed E-state index contributed by atoms with van der Waals surface area (Å²) in [7, 11) is 1.36. The van der Waals surface area contributed by atoms with Crippen LogP contribution in [0.15, 0.2) is 72.8 Å². The quantitative estimate of drug-likeness (QED) is 0.581. The Hall–Kier alpha value is -3.67. The Kier molecular flexibility index (Phi) is 6.80. The van der Waals surface area contributed by atoms with Crippen LogP contribution in [0.1, 0.15) is 22.8 Å². The van der Waals surface area contributed by atoms with Crippen LogP contribution in [0.3, 0.4) is 0 Å². The van der Waals surface area contributed by atoms with Gasteiger partial charge in [-0.3, -0.25) is 9.59 Å². The molecule has 0 heterocycles. The van der Waals surface area contributed by atoms with Crippen molar-refractivity contribution in [1.29, 1.82) is 0 Å². The minimum absolute atomic E-state index is 0.0896. The van der Waals surface area contributed by atoms with Gasteiger partial charge in [0.25, 0.3) is 5.91 Å². The molecule has 0 radical (unpaired) electrons. The smallest absolute Gasteiger partial charge is 0.311 e. The van der Waals surface area contributed by atoms with Crippen molar-refractivity contribution in [3.8, 4) is 5.75 Å². The summed E-state index contributed by atoms with van der Waals surface area (Å²) in [5.74, 6) is -1.60. The van der Waals surface area contributed by atoms with Crippen LogP contribution in [0, 0.1) is 12.7 Å². The highest BCUT2D eigenvalue weighted by Crippen LogP contribution is 2.22. The fourth-order valence-electron chi connectivity index (χ4n) is 2.91. The fourth-order valence-corrected chi connectivity index (χ4v) is 2.91. The lowest BCUT2D eigenvalue weighted by molar-refractivity contribution is -0.154. The molecular formula is C24H22FNO4. The third-order valence-corrected chi connectivity index (χ3v) is 4.47. The van der Waals surface area contributed by atoms with Gasteiger partial charge >= 0.3 is 5.97 Å². The SMILES string of the molecule is COc1ccc(CC(=O)O[C@H](C(=O)Nc2ccc(C)cc2)c2ccccc2)cc1F. The molecule has 3 aromatic carbocycles. The zero-order valence-electron chi connectivity index (χ0n) is 16.7. The number of carbonyl (C=O) groups excluding carboxylic acids is 2. The number of ether oxygens (including phenoxy) is 2. The van der Waals surface area contributed by atoms with E-state index in [-0.39, 0.29) is 12.2 Å². The zero-order chi connectivity index (χ0) is 21.5. The van der Waals surface area contributed by atoms with Crippen molar-refractivity contribution in [3.05, 3.63) is 95.3 Å². The summed E-state index contributed by atoms with van der Waals surface area (Å²) in [4.78, 5) is 25.4. The van der Waals surface area contributed by atoms with Crippen molar-refractivity contribution >= 4 is 17.6 Å². The van der Waals surface area contributed by atoms with E-state index in [1.165, 1.54) is 19.2 Å². The number of anilines is 1. The first kappa shape index (κ1) is 21.0. The van der Waals surface area contributed by atoms with Gasteiger partial charge in [-0.15, -0.1) is 0 Å². The van der Waals surface area contributed by atoms with Gasteiger partial charge in [0, 0.05) is 11.3 Å². The lowest BCUT2D eigenvalue weighted by Crippen LogP contribution is -2.26. The van der Waals surface area contributed by atoms with Crippen LogP contribution in [0.25, 0.3) is 0 Å². The summed E-state index contributed by atoms with van der Waals surface area (Å²) >= 11 is 0. The van der Waals surface area contributed by atoms with Gasteiger partial charge in [-0.2, -0.15) is 0 Å². The van der Waals surface area contributed by atoms with E-state index in [4.69, 9.17) is 9.47 Å². The number of hydrogen-bond donors (Lipinski definition) is 1. The van der Waals surface area contributed by atoms with Crippen LogP contribution < -0.4 is 10.1 Å². The molecule has 0 unspecified atom stereocenters. The van der Waals surface area contributed by atoms with E-state index in [9.17, 15) is 14.0 Å². The molecule has 3 aromatic rings. The summed E-state index contributed by atoms with van der Waals surface area (Å²) in [6.07, 6.45) is -1.31. The molecule has 5 nitrogen and oxygen atoms in total. The number of aryl methyl sites for hydroxylation is 1. The van der Waals surface area contributed by atoms with Gasteiger partial charge in [0.05, 0.1) is 13.5 Å². The molecule has 0 aliphatic carbocycles. The summed E-state index contributed by atoms with van der Waals surface area (Å²) < 4.78 is 24.3. The third kappa shape index (κ3) is 5.44. The lowest BCUT2D eigenvalue weighted by atomic mass is 10.1. The van der Waals surface area contributed by atoms with E-state index >= 15 is 0 Å². The average molecular weight is 407 g/mol. The maximum atomic E-state index is 13.9. The first-order valence-corrected chi connectivity index (χ1v) is 9.40. The van der Waals surface area contributed by atoms with Crippen molar-refractivity contribution < 1.29 is 23.5 Å². The van der Waals surface area contributed by atoms with Crippen molar-refractivity contribution in [2.45, 2.75) is 19.4 Å². The molecular weight excluding hydrogens is 385 g/mol. The van der Waals surface area contributed by atoms with Crippen LogP contribution >= 0.6 is 0 Å². The Morgan fingerprint density at radius 2 is 1.70 bits per heavy atom. The largest absolute Gasteiger partial charge is 0.494 e. The number of carbonyl (C=O) groups is 2. The Bertz CT molecular complexity index is 1020. The van der Waals surface area contributed by atoms with Gasteiger partial charge in [0.15, 0.2) is 11.6 Å². The van der Waals surface area contributed by atoms with Crippen LogP contribution in [0.2, 0.25) is 0 Å². The molecule has 0 aliphatic rings. The minimum atomic E-state index is -1.14. The van der Waals surface area contributed by atoms with Crippen LogP contribution in [-0.4, -0.2) is 19.0 Å². The van der Waals surface area contributed by atoms with Crippen LogP contribution in [0.5, 0.6) is 5.75 Å². The topological polar surface area (TPSA) is 64.6 Å². The predicted molar refractivity (Wildman–Crippen MR) is 112 cm³/mol. The van der Waals surface area contributed by atoms with Gasteiger partial charge in [-0.1, -0.05) is 54.1 Å². The molecule has 0 aliphatic heterocycles. The van der Waals surface area contributed by atoms with Crippen molar-refractivity contribution in [1.82, 2.24) is 0 Å². The highest BCUT2D eigenvalue weighted by molar-refractivity contribution is 5.96. The normalized spacial score (nSPS) is 11.4. The van der Waals surface area contributed by atoms with Gasteiger partial charge < -0.3 is 14.8 Å². The first-order valence-electron chi connectivity index (χ1n) is 9.40. The molecule has 30 heavy (non-hydrogen) atoms. The molecule has 0 bridgehead atoms. The summed E-state index contributed by atoms with van der Waals surface area (Å²) in [5.41, 5.74) is 2.62. The van der Waals surface area contributed by atoms with Crippen LogP contribution in [0.4, 0.5) is 10.1 Å². The van der Waals surface area contributed by atoms with Gasteiger partial charge in [-0.05, 0) is 36.8 Å². The molecule has 0 spiro atoms. The molecule has 0 saturated heterocycles. The second-order valence-electron chi connectivity index (χ2n) is 6.78. The van der Waals surface area contributed by atoms with E-state index in [1.54, 1.807) is 48.5 Å². The number of methoxy groups -OCH3 is 1. The Balaban J connectivity index is 1.75. The van der Waals surface area contributed by atoms with Crippen molar-refractivity contribution in [3.63, 3.8) is 0 Å². The fraction of sp³-hybridized carbons (Fsp3) is 0.167. The van der Waals surface area contributed by atoms with E-state index in [0.29, 0.717) is 16.8 Å². The molecule has 1 atom stereocenters. The molecule has 154 valence electrons. The number of amides is 1. The summed E-state index contributed by atoms with van der Waals surface area (Å²) in [6, 6.07) is 20.3. The van der Waals surface area contributed by atoms with Gasteiger partial charge in [0.1, 0.15) is 0 Å². The predicted octanol–water partition coefficient (Wildman–Crippen LogP) is 4.61. The van der Waals surface area contributed by atoms with Crippen molar-refractivity contribution in [2.24, 2.45) is 0 Å². The number of halogens is 1. The third-order valence-electron chi connectivity index (χ3n) is 4.47. The Morgan fingerprint density at radius 3 is 2.33 bits per heavy atom. The van der Waals surface area contributed by atoms with E-state index < -0.39 is 23.8 Å². The molecule has 0 fully saturated rings. The molecule has 0 aromatic heterocycles. The maximum absolute atomic E-state index is 13.9. The highest BCUT2D eigenvalue weighted by Gasteiger charge is 2.25. The Morgan fingerprint density at radius 1 is 1.00 bits per heavy atom. The first-order chi connectivity index (χ1) is 14.5. The van der Waals surface area contributed by atoms with E-state index in [2.05, 4.69) is 5.32 Å². The number of hydrogen-bond acceptors (Lipinski definition) is 4. The number of rotatable bonds is 7. The second-order valence-corrected chi connectivity index (χ2v) is 6.78. The standard InChI is InChI=1S/C24H22FNO4/c1-16-8-11-19(12-9-16)26-24(28)23(18-6-4-3-5-7-18)30-22(27)15-17-10-13-21(29-2)20(25)14-17/h3-14,23H,15H2,1-2H3,(H,26,28)/t23-/m0/s1. The molecule has 3 rings (SSSR count). The molecule has 1 amide bonds. The zero-order valence-corrected chi connectivity index (χ0v) is 16.7. The summed E-state index contributed by atoms with van der Waals surface area (Å²) in [6.45, 7) is 1.95. The number of nitrogens with one attached hydrogen (secondary N) is 1. The number of benzene rings is 3. The van der Waals surface area contributed by atoms with E-state index in [0.717, 1.165) is 5.56 Å².